The molecule has 0 aromatic heterocycles. The molecule has 0 saturated heterocycles. The summed E-state index contributed by atoms with van der Waals surface area (Å²) >= 11 is 0. The molecular formula is C17H25NO4S. The number of amides is 1. The summed E-state index contributed by atoms with van der Waals surface area (Å²) in [7, 11) is -1.02. The number of carbonyl (C=O) groups is 2. The third-order valence-corrected chi connectivity index (χ3v) is 5.33. The van der Waals surface area contributed by atoms with Crippen LogP contribution < -0.4 is 5.32 Å². The molecule has 1 amide bonds. The minimum absolute atomic E-state index is 0.111. The lowest BCUT2D eigenvalue weighted by Crippen LogP contribution is -2.29. The van der Waals surface area contributed by atoms with Gasteiger partial charge in [0.1, 0.15) is 0 Å². The van der Waals surface area contributed by atoms with Crippen LogP contribution in [0, 0.1) is 5.41 Å². The van der Waals surface area contributed by atoms with Crippen LogP contribution in [0.2, 0.25) is 0 Å². The van der Waals surface area contributed by atoms with Crippen LogP contribution in [0.4, 0.5) is 5.69 Å². The first-order valence-corrected chi connectivity index (χ1v) is 8.74. The minimum Gasteiger partial charge on any atom is -0.481 e. The van der Waals surface area contributed by atoms with Gasteiger partial charge in [-0.05, 0) is 52.3 Å². The second-order valence-electron chi connectivity index (χ2n) is 7.22. The van der Waals surface area contributed by atoms with Gasteiger partial charge in [0.05, 0.1) is 5.41 Å². The summed E-state index contributed by atoms with van der Waals surface area (Å²) in [6.45, 7) is 8.78. The number of hydrogen-bond acceptors (Lipinski definition) is 3. The number of benzene rings is 1. The van der Waals surface area contributed by atoms with Gasteiger partial charge in [0.25, 0.3) is 0 Å². The highest BCUT2D eigenvalue weighted by Gasteiger charge is 2.30. The molecule has 1 unspecified atom stereocenters. The van der Waals surface area contributed by atoms with E-state index in [-0.39, 0.29) is 17.1 Å². The third-order valence-electron chi connectivity index (χ3n) is 3.37. The molecule has 2 N–H and O–H groups in total. The van der Waals surface area contributed by atoms with Crippen molar-refractivity contribution in [2.75, 3.05) is 5.32 Å². The Bertz CT molecular complexity index is 617. The first-order valence-electron chi connectivity index (χ1n) is 7.42. The number of nitrogens with one attached hydrogen (secondary N) is 1. The van der Waals surface area contributed by atoms with Crippen molar-refractivity contribution in [2.45, 2.75) is 51.5 Å². The van der Waals surface area contributed by atoms with Gasteiger partial charge in [-0.15, -0.1) is 0 Å². The van der Waals surface area contributed by atoms with E-state index in [0.717, 1.165) is 5.56 Å². The molecule has 0 spiro atoms. The molecule has 1 atom stereocenters. The van der Waals surface area contributed by atoms with Gasteiger partial charge in [0.2, 0.25) is 5.91 Å². The van der Waals surface area contributed by atoms with E-state index in [1.165, 1.54) is 13.8 Å². The zero-order chi connectivity index (χ0) is 17.8. The van der Waals surface area contributed by atoms with Gasteiger partial charge in [-0.2, -0.15) is 0 Å². The first kappa shape index (κ1) is 19.4. The molecule has 0 aliphatic heterocycles. The monoisotopic (exact) mass is 339 g/mol. The van der Waals surface area contributed by atoms with E-state index in [0.29, 0.717) is 11.4 Å². The Kier molecular flexibility index (Phi) is 6.11. The molecule has 0 heterocycles. The Morgan fingerprint density at radius 2 is 1.78 bits per heavy atom. The average molecular weight is 339 g/mol. The summed E-state index contributed by atoms with van der Waals surface area (Å²) in [6.07, 6.45) is -0.111. The molecule has 5 nitrogen and oxygen atoms in total. The number of carboxylic acids is 1. The maximum absolute atomic E-state index is 12.2. The fourth-order valence-corrected chi connectivity index (χ4v) is 2.70. The van der Waals surface area contributed by atoms with Crippen molar-refractivity contribution in [1.29, 1.82) is 0 Å². The van der Waals surface area contributed by atoms with Crippen LogP contribution in [0.3, 0.4) is 0 Å². The molecule has 0 fully saturated rings. The summed E-state index contributed by atoms with van der Waals surface area (Å²) in [5, 5.41) is 11.8. The van der Waals surface area contributed by atoms with Gasteiger partial charge in [-0.3, -0.25) is 13.8 Å². The Hall–Kier alpha value is -1.69. The highest BCUT2D eigenvalue weighted by molar-refractivity contribution is 7.85. The van der Waals surface area contributed by atoms with E-state index in [1.54, 1.807) is 18.2 Å². The van der Waals surface area contributed by atoms with Crippen molar-refractivity contribution in [1.82, 2.24) is 0 Å². The normalized spacial score (nSPS) is 13.4. The second-order valence-corrected chi connectivity index (χ2v) is 9.42. The van der Waals surface area contributed by atoms with E-state index in [9.17, 15) is 13.8 Å². The lowest BCUT2D eigenvalue weighted by Gasteiger charge is -2.19. The Morgan fingerprint density at radius 3 is 2.30 bits per heavy atom. The molecule has 128 valence electrons. The quantitative estimate of drug-likeness (QED) is 0.834. The molecule has 0 saturated carbocycles. The van der Waals surface area contributed by atoms with Crippen molar-refractivity contribution in [3.63, 3.8) is 0 Å². The molecular weight excluding hydrogens is 314 g/mol. The maximum Gasteiger partial charge on any atom is 0.309 e. The molecule has 0 radical (unpaired) electrons. The Balaban J connectivity index is 2.76. The van der Waals surface area contributed by atoms with E-state index in [1.807, 2.05) is 26.8 Å². The predicted molar refractivity (Wildman–Crippen MR) is 92.7 cm³/mol. The number of rotatable bonds is 6. The molecule has 0 aliphatic carbocycles. The van der Waals surface area contributed by atoms with Gasteiger partial charge < -0.3 is 10.4 Å². The molecule has 0 bridgehead atoms. The minimum atomic E-state index is -1.12. The van der Waals surface area contributed by atoms with Gasteiger partial charge in [0, 0.05) is 33.4 Å². The summed E-state index contributed by atoms with van der Waals surface area (Å²) in [6, 6.07) is 7.15. The molecule has 1 rings (SSSR count). The zero-order valence-electron chi connectivity index (χ0n) is 14.3. The van der Waals surface area contributed by atoms with Crippen LogP contribution in [0.15, 0.2) is 24.3 Å². The molecule has 1 aromatic carbocycles. The molecule has 23 heavy (non-hydrogen) atoms. The van der Waals surface area contributed by atoms with Gasteiger partial charge in [-0.1, -0.05) is 12.1 Å². The van der Waals surface area contributed by atoms with Crippen molar-refractivity contribution < 1.29 is 18.9 Å². The van der Waals surface area contributed by atoms with E-state index in [4.69, 9.17) is 5.11 Å². The summed E-state index contributed by atoms with van der Waals surface area (Å²) < 4.78 is 11.9. The number of anilines is 1. The van der Waals surface area contributed by atoms with Crippen LogP contribution in [0.1, 0.15) is 46.6 Å². The third kappa shape index (κ3) is 6.14. The SMILES string of the molecule is CC(C)(CC(=O)Nc1cccc(CS(=O)C(C)(C)C)c1)C(=O)O. The van der Waals surface area contributed by atoms with E-state index < -0.39 is 22.2 Å². The van der Waals surface area contributed by atoms with Gasteiger partial charge in [-0.25, -0.2) is 0 Å². The number of carbonyl (C=O) groups excluding carboxylic acids is 1. The van der Waals surface area contributed by atoms with Crippen molar-refractivity contribution in [3.8, 4) is 0 Å². The summed E-state index contributed by atoms with van der Waals surface area (Å²) in [5.74, 6) is -0.957. The van der Waals surface area contributed by atoms with Crippen molar-refractivity contribution in [3.05, 3.63) is 29.8 Å². The van der Waals surface area contributed by atoms with E-state index in [2.05, 4.69) is 5.32 Å². The van der Waals surface area contributed by atoms with E-state index >= 15 is 0 Å². The lowest BCUT2D eigenvalue weighted by molar-refractivity contribution is -0.148. The molecule has 1 aromatic rings. The predicted octanol–water partition coefficient (Wildman–Crippen LogP) is 3.17. The highest BCUT2D eigenvalue weighted by atomic mass is 32.2. The van der Waals surface area contributed by atoms with Gasteiger partial charge in [0.15, 0.2) is 0 Å². The zero-order valence-corrected chi connectivity index (χ0v) is 15.1. The second kappa shape index (κ2) is 7.25. The topological polar surface area (TPSA) is 83.5 Å². The van der Waals surface area contributed by atoms with Crippen LogP contribution in [0.25, 0.3) is 0 Å². The Labute approximate surface area is 139 Å². The van der Waals surface area contributed by atoms with Gasteiger partial charge >= 0.3 is 5.97 Å². The Morgan fingerprint density at radius 1 is 1.17 bits per heavy atom. The smallest absolute Gasteiger partial charge is 0.309 e. The number of hydrogen-bond donors (Lipinski definition) is 2. The number of aliphatic carboxylic acids is 1. The van der Waals surface area contributed by atoms with Crippen LogP contribution in [-0.2, 0) is 26.1 Å². The van der Waals surface area contributed by atoms with Crippen molar-refractivity contribution in [2.24, 2.45) is 5.41 Å². The van der Waals surface area contributed by atoms with Crippen LogP contribution in [0.5, 0.6) is 0 Å². The average Bonchev–Trinajstić information content (AvgIpc) is 2.36. The molecule has 6 heteroatoms. The van der Waals surface area contributed by atoms with Crippen LogP contribution >= 0.6 is 0 Å². The summed E-state index contributed by atoms with van der Waals surface area (Å²) in [4.78, 5) is 23.1. The summed E-state index contributed by atoms with van der Waals surface area (Å²) in [5.41, 5.74) is 0.336. The van der Waals surface area contributed by atoms with Crippen LogP contribution in [-0.4, -0.2) is 25.9 Å². The molecule has 0 aliphatic rings. The standard InChI is InChI=1S/C17H25NO4S/c1-16(2,3)23(22)11-12-7-6-8-13(9-12)18-14(19)10-17(4,5)15(20)21/h6-9H,10-11H2,1-5H3,(H,18,19)(H,20,21). The number of carboxylic acid groups (broad SMARTS) is 1. The fourth-order valence-electron chi connectivity index (χ4n) is 1.79. The highest BCUT2D eigenvalue weighted by Crippen LogP contribution is 2.22. The lowest BCUT2D eigenvalue weighted by atomic mass is 9.89. The maximum atomic E-state index is 12.2. The largest absolute Gasteiger partial charge is 0.481 e. The first-order chi connectivity index (χ1) is 10.4. The van der Waals surface area contributed by atoms with Crippen molar-refractivity contribution >= 4 is 28.4 Å². The fraction of sp³-hybridized carbons (Fsp3) is 0.529.